The van der Waals surface area contributed by atoms with Gasteiger partial charge in [0.25, 0.3) is 0 Å². The Balaban J connectivity index is 1.66. The van der Waals surface area contributed by atoms with Crippen molar-refractivity contribution in [3.63, 3.8) is 0 Å². The van der Waals surface area contributed by atoms with Gasteiger partial charge in [0.2, 0.25) is 0 Å². The van der Waals surface area contributed by atoms with Crippen LogP contribution >= 0.6 is 0 Å². The summed E-state index contributed by atoms with van der Waals surface area (Å²) in [7, 11) is 0. The minimum atomic E-state index is -0.498. The topological polar surface area (TPSA) is 88.1 Å². The smallest absolute Gasteiger partial charge is 0.343 e. The molecule has 7 nitrogen and oxygen atoms in total. The van der Waals surface area contributed by atoms with Crippen molar-refractivity contribution >= 4 is 17.9 Å². The van der Waals surface area contributed by atoms with Crippen molar-refractivity contribution in [1.82, 2.24) is 0 Å². The molecule has 0 spiro atoms. The summed E-state index contributed by atoms with van der Waals surface area (Å²) in [6.45, 7) is 13.7. The molecule has 0 radical (unpaired) electrons. The second kappa shape index (κ2) is 16.5. The zero-order valence-corrected chi connectivity index (χ0v) is 24.7. The van der Waals surface area contributed by atoms with Gasteiger partial charge in [-0.05, 0) is 95.3 Å². The predicted molar refractivity (Wildman–Crippen MR) is 156 cm³/mol. The van der Waals surface area contributed by atoms with E-state index in [1.807, 2.05) is 39.8 Å². The molecule has 0 aliphatic carbocycles. The maximum Gasteiger partial charge on any atom is 0.343 e. The SMILES string of the molecule is C=C(C)C(=O)OCCCCCCCCOc1ccc(C(=O)Oc2ccc(CCC(=O)OC(C)(C)C)cc2C)cc1. The molecule has 2 rings (SSSR count). The van der Waals surface area contributed by atoms with Gasteiger partial charge in [-0.3, -0.25) is 4.79 Å². The number of ether oxygens (including phenoxy) is 4. The average molecular weight is 553 g/mol. The average Bonchev–Trinajstić information content (AvgIpc) is 2.89. The molecule has 0 unspecified atom stereocenters. The van der Waals surface area contributed by atoms with E-state index in [2.05, 4.69) is 6.58 Å². The van der Waals surface area contributed by atoms with Gasteiger partial charge in [0.1, 0.15) is 17.1 Å². The summed E-state index contributed by atoms with van der Waals surface area (Å²) in [5.41, 5.74) is 2.17. The minimum absolute atomic E-state index is 0.236. The Kier molecular flexibility index (Phi) is 13.4. The molecular formula is C33H44O7. The van der Waals surface area contributed by atoms with Crippen molar-refractivity contribution in [1.29, 1.82) is 0 Å². The normalized spacial score (nSPS) is 11.0. The monoisotopic (exact) mass is 552 g/mol. The van der Waals surface area contributed by atoms with Crippen molar-refractivity contribution < 1.29 is 33.3 Å². The lowest BCUT2D eigenvalue weighted by Gasteiger charge is -2.19. The van der Waals surface area contributed by atoms with E-state index in [0.29, 0.717) is 48.7 Å². The van der Waals surface area contributed by atoms with Crippen LogP contribution in [0.25, 0.3) is 0 Å². The first-order valence-electron chi connectivity index (χ1n) is 14.0. The Morgan fingerprint density at radius 3 is 2.08 bits per heavy atom. The second-order valence-electron chi connectivity index (χ2n) is 11.0. The molecular weight excluding hydrogens is 508 g/mol. The highest BCUT2D eigenvalue weighted by Crippen LogP contribution is 2.22. The Morgan fingerprint density at radius 2 is 1.48 bits per heavy atom. The number of carbonyl (C=O) groups is 3. The number of unbranched alkanes of at least 4 members (excludes halogenated alkanes) is 5. The maximum absolute atomic E-state index is 12.6. The zero-order valence-electron chi connectivity index (χ0n) is 24.7. The molecule has 0 aliphatic heterocycles. The number of aryl methyl sites for hydroxylation is 2. The van der Waals surface area contributed by atoms with E-state index >= 15 is 0 Å². The van der Waals surface area contributed by atoms with Crippen LogP contribution in [0.3, 0.4) is 0 Å². The quantitative estimate of drug-likeness (QED) is 0.0932. The van der Waals surface area contributed by atoms with Gasteiger partial charge < -0.3 is 18.9 Å². The van der Waals surface area contributed by atoms with E-state index < -0.39 is 11.6 Å². The maximum atomic E-state index is 12.6. The molecule has 0 N–H and O–H groups in total. The van der Waals surface area contributed by atoms with Gasteiger partial charge in [0.05, 0.1) is 18.8 Å². The highest BCUT2D eigenvalue weighted by molar-refractivity contribution is 5.91. The molecule has 0 saturated carbocycles. The second-order valence-corrected chi connectivity index (χ2v) is 11.0. The molecule has 0 aliphatic rings. The van der Waals surface area contributed by atoms with Crippen LogP contribution in [0.5, 0.6) is 11.5 Å². The lowest BCUT2D eigenvalue weighted by molar-refractivity contribution is -0.154. The molecule has 218 valence electrons. The van der Waals surface area contributed by atoms with Gasteiger partial charge in [-0.1, -0.05) is 44.4 Å². The summed E-state index contributed by atoms with van der Waals surface area (Å²) in [5, 5.41) is 0. The summed E-state index contributed by atoms with van der Waals surface area (Å²) in [5.74, 6) is 0.198. The lowest BCUT2D eigenvalue weighted by atomic mass is 10.1. The van der Waals surface area contributed by atoms with E-state index in [9.17, 15) is 14.4 Å². The molecule has 2 aromatic rings. The molecule has 0 aromatic heterocycles. The molecule has 0 fully saturated rings. The summed E-state index contributed by atoms with van der Waals surface area (Å²) in [6.07, 6.45) is 6.95. The Morgan fingerprint density at radius 1 is 0.850 bits per heavy atom. The fraction of sp³-hybridized carbons (Fsp3) is 0.485. The summed E-state index contributed by atoms with van der Waals surface area (Å²) in [6, 6.07) is 12.5. The molecule has 2 aromatic carbocycles. The van der Waals surface area contributed by atoms with E-state index in [0.717, 1.165) is 49.7 Å². The van der Waals surface area contributed by atoms with E-state index in [4.69, 9.17) is 18.9 Å². The van der Waals surface area contributed by atoms with Gasteiger partial charge in [0.15, 0.2) is 0 Å². The third-order valence-corrected chi connectivity index (χ3v) is 5.96. The minimum Gasteiger partial charge on any atom is -0.494 e. The number of hydrogen-bond acceptors (Lipinski definition) is 7. The number of benzene rings is 2. The molecule has 7 heteroatoms. The van der Waals surface area contributed by atoms with Gasteiger partial charge in [-0.2, -0.15) is 0 Å². The van der Waals surface area contributed by atoms with Crippen LogP contribution in [-0.4, -0.2) is 36.7 Å². The Bertz CT molecular complexity index is 1130. The first kappa shape index (κ1) is 32.6. The third-order valence-electron chi connectivity index (χ3n) is 5.96. The van der Waals surface area contributed by atoms with Gasteiger partial charge in [0, 0.05) is 12.0 Å². The van der Waals surface area contributed by atoms with Crippen molar-refractivity contribution in [3.05, 3.63) is 71.3 Å². The highest BCUT2D eigenvalue weighted by Gasteiger charge is 2.16. The number of carbonyl (C=O) groups excluding carboxylic acids is 3. The van der Waals surface area contributed by atoms with Crippen LogP contribution in [0.4, 0.5) is 0 Å². The molecule has 0 saturated heterocycles. The van der Waals surface area contributed by atoms with Gasteiger partial charge in [-0.15, -0.1) is 0 Å². The first-order chi connectivity index (χ1) is 18.9. The fourth-order valence-electron chi connectivity index (χ4n) is 3.86. The van der Waals surface area contributed by atoms with Crippen LogP contribution in [0.15, 0.2) is 54.6 Å². The largest absolute Gasteiger partial charge is 0.494 e. The van der Waals surface area contributed by atoms with Gasteiger partial charge >= 0.3 is 17.9 Å². The number of hydrogen-bond donors (Lipinski definition) is 0. The van der Waals surface area contributed by atoms with E-state index in [1.54, 1.807) is 37.3 Å². The Labute approximate surface area is 238 Å². The van der Waals surface area contributed by atoms with Crippen LogP contribution in [0, 0.1) is 6.92 Å². The first-order valence-corrected chi connectivity index (χ1v) is 14.0. The molecule has 0 heterocycles. The molecule has 0 atom stereocenters. The van der Waals surface area contributed by atoms with Gasteiger partial charge in [-0.25, -0.2) is 9.59 Å². The van der Waals surface area contributed by atoms with E-state index in [1.165, 1.54) is 0 Å². The number of esters is 3. The standard InChI is InChI=1S/C33H44O7/c1-24(2)31(35)38-22-12-10-8-7-9-11-21-37-28-17-15-27(16-18-28)32(36)39-29-19-13-26(23-25(29)3)14-20-30(34)40-33(4,5)6/h13,15-19,23H,1,7-12,14,20-22H2,2-6H3. The summed E-state index contributed by atoms with van der Waals surface area (Å²) < 4.78 is 21.8. The van der Waals surface area contributed by atoms with Crippen LogP contribution < -0.4 is 9.47 Å². The zero-order chi connectivity index (χ0) is 29.5. The fourth-order valence-corrected chi connectivity index (χ4v) is 3.86. The van der Waals surface area contributed by atoms with Crippen molar-refractivity contribution in [2.45, 2.75) is 91.6 Å². The Hall–Kier alpha value is -3.61. The summed E-state index contributed by atoms with van der Waals surface area (Å²) >= 11 is 0. The third kappa shape index (κ3) is 13.0. The summed E-state index contributed by atoms with van der Waals surface area (Å²) in [4.78, 5) is 35.9. The van der Waals surface area contributed by atoms with Crippen LogP contribution in [-0.2, 0) is 25.5 Å². The van der Waals surface area contributed by atoms with Crippen LogP contribution in [0.2, 0.25) is 0 Å². The van der Waals surface area contributed by atoms with Crippen molar-refractivity contribution in [2.24, 2.45) is 0 Å². The van der Waals surface area contributed by atoms with Crippen molar-refractivity contribution in [3.8, 4) is 11.5 Å². The van der Waals surface area contributed by atoms with Crippen LogP contribution in [0.1, 0.15) is 94.1 Å². The predicted octanol–water partition coefficient (Wildman–Crippen LogP) is 7.33. The number of rotatable bonds is 16. The highest BCUT2D eigenvalue weighted by atomic mass is 16.6. The lowest BCUT2D eigenvalue weighted by Crippen LogP contribution is -2.24. The molecule has 0 bridgehead atoms. The van der Waals surface area contributed by atoms with Crippen molar-refractivity contribution in [2.75, 3.05) is 13.2 Å². The molecule has 0 amide bonds. The van der Waals surface area contributed by atoms with E-state index in [-0.39, 0.29) is 11.9 Å². The molecule has 40 heavy (non-hydrogen) atoms.